The van der Waals surface area contributed by atoms with Crippen LogP contribution in [0, 0.1) is 20.2 Å². The van der Waals surface area contributed by atoms with Crippen LogP contribution in [0.3, 0.4) is 0 Å². The van der Waals surface area contributed by atoms with E-state index in [4.69, 9.17) is 0 Å². The standard InChI is InChI=1S/C18H12N2O4/c21-19(22)15-9-5-13(6-10-15)17-3-1-2-4-18(17)14-7-11-16(12-8-14)20(23)24/h1-12H. The number of nitro groups is 2. The monoisotopic (exact) mass is 320 g/mol. The lowest BCUT2D eigenvalue weighted by Gasteiger charge is -2.10. The average Bonchev–Trinajstić information content (AvgIpc) is 2.62. The Bertz CT molecular complexity index is 827. The summed E-state index contributed by atoms with van der Waals surface area (Å²) in [5.74, 6) is 0. The summed E-state index contributed by atoms with van der Waals surface area (Å²) in [4.78, 5) is 20.7. The fourth-order valence-electron chi connectivity index (χ4n) is 2.51. The van der Waals surface area contributed by atoms with E-state index >= 15 is 0 Å². The molecule has 0 aliphatic carbocycles. The fraction of sp³-hybridized carbons (Fsp3) is 0. The molecule has 0 saturated carbocycles. The molecular weight excluding hydrogens is 308 g/mol. The van der Waals surface area contributed by atoms with Crippen LogP contribution >= 0.6 is 0 Å². The smallest absolute Gasteiger partial charge is 0.258 e. The minimum atomic E-state index is -0.438. The number of benzene rings is 3. The lowest BCUT2D eigenvalue weighted by Crippen LogP contribution is -1.90. The second kappa shape index (κ2) is 6.29. The summed E-state index contributed by atoms with van der Waals surface area (Å²) in [6.07, 6.45) is 0. The molecule has 0 atom stereocenters. The molecule has 0 radical (unpaired) electrons. The number of rotatable bonds is 4. The Morgan fingerprint density at radius 1 is 0.542 bits per heavy atom. The summed E-state index contributed by atoms with van der Waals surface area (Å²) in [7, 11) is 0. The van der Waals surface area contributed by atoms with Crippen molar-refractivity contribution in [3.05, 3.63) is 93.0 Å². The van der Waals surface area contributed by atoms with E-state index in [2.05, 4.69) is 0 Å². The highest BCUT2D eigenvalue weighted by atomic mass is 16.6. The lowest BCUT2D eigenvalue weighted by molar-refractivity contribution is -0.385. The number of nitrogens with zero attached hydrogens (tertiary/aromatic N) is 2. The number of hydrogen-bond donors (Lipinski definition) is 0. The first-order valence-corrected chi connectivity index (χ1v) is 7.15. The first-order valence-electron chi connectivity index (χ1n) is 7.15. The van der Waals surface area contributed by atoms with Crippen LogP contribution in [0.15, 0.2) is 72.8 Å². The van der Waals surface area contributed by atoms with Crippen molar-refractivity contribution in [2.45, 2.75) is 0 Å². The van der Waals surface area contributed by atoms with Crippen LogP contribution in [-0.2, 0) is 0 Å². The van der Waals surface area contributed by atoms with Gasteiger partial charge in [0.1, 0.15) is 0 Å². The predicted octanol–water partition coefficient (Wildman–Crippen LogP) is 4.84. The van der Waals surface area contributed by atoms with Crippen molar-refractivity contribution < 1.29 is 9.85 Å². The second-order valence-electron chi connectivity index (χ2n) is 5.15. The van der Waals surface area contributed by atoms with Gasteiger partial charge in [0.2, 0.25) is 0 Å². The molecule has 3 aromatic rings. The maximum Gasteiger partial charge on any atom is 0.269 e. The van der Waals surface area contributed by atoms with Crippen LogP contribution < -0.4 is 0 Å². The van der Waals surface area contributed by atoms with Gasteiger partial charge >= 0.3 is 0 Å². The molecule has 6 heteroatoms. The van der Waals surface area contributed by atoms with Crippen LogP contribution in [0.4, 0.5) is 11.4 Å². The summed E-state index contributed by atoms with van der Waals surface area (Å²) < 4.78 is 0. The van der Waals surface area contributed by atoms with Crippen molar-refractivity contribution in [3.63, 3.8) is 0 Å². The summed E-state index contributed by atoms with van der Waals surface area (Å²) >= 11 is 0. The van der Waals surface area contributed by atoms with E-state index in [0.717, 1.165) is 22.3 Å². The van der Waals surface area contributed by atoms with Gasteiger partial charge in [0.05, 0.1) is 9.85 Å². The largest absolute Gasteiger partial charge is 0.269 e. The number of hydrogen-bond acceptors (Lipinski definition) is 4. The van der Waals surface area contributed by atoms with E-state index in [1.807, 2.05) is 24.3 Å². The van der Waals surface area contributed by atoms with Gasteiger partial charge in [-0.2, -0.15) is 0 Å². The Morgan fingerprint density at radius 2 is 0.875 bits per heavy atom. The zero-order valence-electron chi connectivity index (χ0n) is 12.5. The molecule has 3 aromatic carbocycles. The zero-order chi connectivity index (χ0) is 17.1. The van der Waals surface area contributed by atoms with Crippen molar-refractivity contribution >= 4 is 11.4 Å². The van der Waals surface area contributed by atoms with Gasteiger partial charge in [-0.05, 0) is 46.5 Å². The fourth-order valence-corrected chi connectivity index (χ4v) is 2.51. The van der Waals surface area contributed by atoms with Crippen LogP contribution in [0.1, 0.15) is 0 Å². The van der Waals surface area contributed by atoms with Crippen molar-refractivity contribution in [2.24, 2.45) is 0 Å². The van der Waals surface area contributed by atoms with E-state index in [-0.39, 0.29) is 11.4 Å². The third kappa shape index (κ3) is 2.98. The van der Waals surface area contributed by atoms with Gasteiger partial charge in [-0.3, -0.25) is 20.2 Å². The van der Waals surface area contributed by atoms with Gasteiger partial charge in [0, 0.05) is 24.3 Å². The van der Waals surface area contributed by atoms with Crippen LogP contribution in [0.25, 0.3) is 22.3 Å². The molecule has 3 rings (SSSR count). The van der Waals surface area contributed by atoms with E-state index < -0.39 is 9.85 Å². The molecule has 0 heterocycles. The molecular formula is C18H12N2O4. The molecule has 118 valence electrons. The molecule has 24 heavy (non-hydrogen) atoms. The van der Waals surface area contributed by atoms with Gasteiger partial charge in [0.15, 0.2) is 0 Å². The number of nitro benzene ring substituents is 2. The molecule has 0 N–H and O–H groups in total. The maximum atomic E-state index is 10.8. The molecule has 0 aliphatic rings. The average molecular weight is 320 g/mol. The normalized spacial score (nSPS) is 10.3. The van der Waals surface area contributed by atoms with E-state index in [1.54, 1.807) is 24.3 Å². The van der Waals surface area contributed by atoms with Crippen molar-refractivity contribution in [3.8, 4) is 22.3 Å². The van der Waals surface area contributed by atoms with E-state index in [1.165, 1.54) is 24.3 Å². The molecule has 0 spiro atoms. The topological polar surface area (TPSA) is 86.3 Å². The van der Waals surface area contributed by atoms with Crippen molar-refractivity contribution in [1.82, 2.24) is 0 Å². The SMILES string of the molecule is O=[N+]([O-])c1ccc(-c2ccccc2-c2ccc([N+](=O)[O-])cc2)cc1. The molecule has 0 bridgehead atoms. The first kappa shape index (κ1) is 15.4. The minimum Gasteiger partial charge on any atom is -0.258 e. The summed E-state index contributed by atoms with van der Waals surface area (Å²) in [5, 5.41) is 21.5. The maximum absolute atomic E-state index is 10.8. The van der Waals surface area contributed by atoms with Gasteiger partial charge < -0.3 is 0 Å². The second-order valence-corrected chi connectivity index (χ2v) is 5.15. The van der Waals surface area contributed by atoms with Crippen LogP contribution in [0.5, 0.6) is 0 Å². The Kier molecular flexibility index (Phi) is 4.03. The van der Waals surface area contributed by atoms with E-state index in [9.17, 15) is 20.2 Å². The summed E-state index contributed by atoms with van der Waals surface area (Å²) in [6.45, 7) is 0. The van der Waals surface area contributed by atoms with Crippen LogP contribution in [0.2, 0.25) is 0 Å². The van der Waals surface area contributed by atoms with Gasteiger partial charge in [-0.25, -0.2) is 0 Å². The van der Waals surface area contributed by atoms with Gasteiger partial charge in [-0.15, -0.1) is 0 Å². The zero-order valence-corrected chi connectivity index (χ0v) is 12.5. The Morgan fingerprint density at radius 3 is 1.17 bits per heavy atom. The highest BCUT2D eigenvalue weighted by molar-refractivity contribution is 5.83. The summed E-state index contributed by atoms with van der Waals surface area (Å²) in [6, 6.07) is 20.2. The minimum absolute atomic E-state index is 0.0339. The highest BCUT2D eigenvalue weighted by Gasteiger charge is 2.11. The van der Waals surface area contributed by atoms with Gasteiger partial charge in [0.25, 0.3) is 11.4 Å². The third-order valence-electron chi connectivity index (χ3n) is 3.71. The predicted molar refractivity (Wildman–Crippen MR) is 90.6 cm³/mol. The molecule has 0 amide bonds. The quantitative estimate of drug-likeness (QED) is 0.508. The van der Waals surface area contributed by atoms with Crippen molar-refractivity contribution in [1.29, 1.82) is 0 Å². The molecule has 0 unspecified atom stereocenters. The molecule has 0 saturated heterocycles. The first-order chi connectivity index (χ1) is 11.6. The molecule has 0 fully saturated rings. The van der Waals surface area contributed by atoms with Crippen molar-refractivity contribution in [2.75, 3.05) is 0 Å². The highest BCUT2D eigenvalue weighted by Crippen LogP contribution is 2.33. The Balaban J connectivity index is 2.04. The third-order valence-corrected chi connectivity index (χ3v) is 3.71. The Hall–Kier alpha value is -3.54. The molecule has 0 aromatic heterocycles. The van der Waals surface area contributed by atoms with Crippen LogP contribution in [-0.4, -0.2) is 9.85 Å². The Labute approximate surface area is 137 Å². The molecule has 0 aliphatic heterocycles. The summed E-state index contributed by atoms with van der Waals surface area (Å²) in [5.41, 5.74) is 3.56. The lowest BCUT2D eigenvalue weighted by atomic mass is 9.94. The van der Waals surface area contributed by atoms with E-state index in [0.29, 0.717) is 0 Å². The number of non-ortho nitro benzene ring substituents is 2. The molecule has 6 nitrogen and oxygen atoms in total. The van der Waals surface area contributed by atoms with Gasteiger partial charge in [-0.1, -0.05) is 24.3 Å².